The van der Waals surface area contributed by atoms with E-state index < -0.39 is 0 Å². The molecule has 2 fully saturated rings. The van der Waals surface area contributed by atoms with E-state index >= 15 is 0 Å². The first kappa shape index (κ1) is 23.3. The highest BCUT2D eigenvalue weighted by Crippen LogP contribution is 2.44. The summed E-state index contributed by atoms with van der Waals surface area (Å²) in [7, 11) is 0. The van der Waals surface area contributed by atoms with E-state index in [9.17, 15) is 4.79 Å². The van der Waals surface area contributed by atoms with E-state index in [2.05, 4.69) is 29.7 Å². The van der Waals surface area contributed by atoms with Gasteiger partial charge in [0.2, 0.25) is 5.91 Å². The van der Waals surface area contributed by atoms with Crippen molar-refractivity contribution in [2.75, 3.05) is 26.2 Å². The van der Waals surface area contributed by atoms with Gasteiger partial charge in [-0.1, -0.05) is 37.1 Å². The first-order chi connectivity index (χ1) is 13.1. The lowest BCUT2D eigenvalue weighted by molar-refractivity contribution is -0.129. The van der Waals surface area contributed by atoms with Crippen molar-refractivity contribution in [1.29, 1.82) is 0 Å². The molecule has 5 nitrogen and oxygen atoms in total. The molecular formula is C21H32ClIN4O. The number of rotatable bonds is 6. The van der Waals surface area contributed by atoms with Crippen LogP contribution in [0.4, 0.5) is 0 Å². The second kappa shape index (κ2) is 10.7. The van der Waals surface area contributed by atoms with E-state index in [-0.39, 0.29) is 41.3 Å². The minimum absolute atomic E-state index is 0. The summed E-state index contributed by atoms with van der Waals surface area (Å²) in [6.07, 6.45) is 5.13. The van der Waals surface area contributed by atoms with Crippen LogP contribution in [0.3, 0.4) is 0 Å². The van der Waals surface area contributed by atoms with Crippen LogP contribution in [0.5, 0.6) is 0 Å². The van der Waals surface area contributed by atoms with Crippen molar-refractivity contribution in [1.82, 2.24) is 15.5 Å². The van der Waals surface area contributed by atoms with Crippen molar-refractivity contribution < 1.29 is 4.79 Å². The molecule has 1 amide bonds. The van der Waals surface area contributed by atoms with E-state index in [0.29, 0.717) is 6.42 Å². The predicted molar refractivity (Wildman–Crippen MR) is 127 cm³/mol. The molecule has 1 aromatic carbocycles. The number of carbonyl (C=O) groups excluding carboxylic acids is 1. The average molecular weight is 519 g/mol. The standard InChI is InChI=1S/C21H31ClN4O.HI/c1-3-19(27)26-13-10-18(14-26)25-20(23-4-2)24-15-21(11-5-12-21)16-6-8-17(22)9-7-16;/h6-9,18H,3-5,10-15H2,1-2H3,(H2,23,24,25);1H. The number of nitrogens with zero attached hydrogens (tertiary/aromatic N) is 2. The summed E-state index contributed by atoms with van der Waals surface area (Å²) < 4.78 is 0. The Kier molecular flexibility index (Phi) is 8.86. The number of guanidine groups is 1. The van der Waals surface area contributed by atoms with Gasteiger partial charge in [0.05, 0.1) is 6.54 Å². The zero-order valence-corrected chi connectivity index (χ0v) is 19.9. The molecule has 1 aromatic rings. The quantitative estimate of drug-likeness (QED) is 0.341. The molecule has 1 aliphatic carbocycles. The fourth-order valence-electron chi connectivity index (χ4n) is 4.02. The second-order valence-corrected chi connectivity index (χ2v) is 8.10. The molecule has 0 bridgehead atoms. The lowest BCUT2D eigenvalue weighted by Crippen LogP contribution is -2.46. The maximum Gasteiger partial charge on any atom is 0.222 e. The van der Waals surface area contributed by atoms with Crippen molar-refractivity contribution in [2.24, 2.45) is 4.99 Å². The Morgan fingerprint density at radius 2 is 2.00 bits per heavy atom. The van der Waals surface area contributed by atoms with Gasteiger partial charge in [-0.25, -0.2) is 0 Å². The van der Waals surface area contributed by atoms with E-state index in [1.165, 1.54) is 24.8 Å². The van der Waals surface area contributed by atoms with Crippen LogP contribution in [0.2, 0.25) is 5.02 Å². The molecule has 1 heterocycles. The minimum Gasteiger partial charge on any atom is -0.357 e. The van der Waals surface area contributed by atoms with Crippen LogP contribution in [0.25, 0.3) is 0 Å². The van der Waals surface area contributed by atoms with Gasteiger partial charge < -0.3 is 15.5 Å². The van der Waals surface area contributed by atoms with Gasteiger partial charge in [-0.2, -0.15) is 0 Å². The fraction of sp³-hybridized carbons (Fsp3) is 0.619. The molecule has 0 radical (unpaired) electrons. The molecular weight excluding hydrogens is 487 g/mol. The molecule has 2 aliphatic rings. The summed E-state index contributed by atoms with van der Waals surface area (Å²) in [6, 6.07) is 8.50. The molecule has 28 heavy (non-hydrogen) atoms. The highest BCUT2D eigenvalue weighted by molar-refractivity contribution is 14.0. The molecule has 0 aromatic heterocycles. The molecule has 1 saturated heterocycles. The third-order valence-corrected chi connectivity index (χ3v) is 6.09. The average Bonchev–Trinajstić information content (AvgIpc) is 3.10. The molecule has 2 N–H and O–H groups in total. The molecule has 3 rings (SSSR count). The van der Waals surface area contributed by atoms with Crippen LogP contribution in [0, 0.1) is 0 Å². The van der Waals surface area contributed by atoms with E-state index in [0.717, 1.165) is 43.6 Å². The molecule has 1 unspecified atom stereocenters. The third-order valence-electron chi connectivity index (χ3n) is 5.84. The molecule has 1 aliphatic heterocycles. The van der Waals surface area contributed by atoms with Crippen LogP contribution >= 0.6 is 35.6 Å². The molecule has 156 valence electrons. The van der Waals surface area contributed by atoms with Gasteiger partial charge in [-0.15, -0.1) is 24.0 Å². The Morgan fingerprint density at radius 1 is 1.29 bits per heavy atom. The van der Waals surface area contributed by atoms with Crippen molar-refractivity contribution in [3.8, 4) is 0 Å². The number of aliphatic imine (C=N–C) groups is 1. The Bertz CT molecular complexity index is 675. The smallest absolute Gasteiger partial charge is 0.222 e. The van der Waals surface area contributed by atoms with Crippen LogP contribution < -0.4 is 10.6 Å². The molecule has 0 spiro atoms. The summed E-state index contributed by atoms with van der Waals surface area (Å²) in [6.45, 7) is 7.19. The number of halogens is 2. The monoisotopic (exact) mass is 518 g/mol. The predicted octanol–water partition coefficient (Wildman–Crippen LogP) is 3.95. The van der Waals surface area contributed by atoms with E-state index in [4.69, 9.17) is 16.6 Å². The van der Waals surface area contributed by atoms with Crippen LogP contribution in [-0.4, -0.2) is 49.0 Å². The summed E-state index contributed by atoms with van der Waals surface area (Å²) in [5, 5.41) is 7.67. The number of benzene rings is 1. The van der Waals surface area contributed by atoms with Crippen molar-refractivity contribution >= 4 is 47.4 Å². The Balaban J connectivity index is 0.00000280. The Hall–Kier alpha value is -1.02. The number of hydrogen-bond donors (Lipinski definition) is 2. The van der Waals surface area contributed by atoms with Crippen LogP contribution in [0.15, 0.2) is 29.3 Å². The SMILES string of the molecule is CCNC(=NCC1(c2ccc(Cl)cc2)CCC1)NC1CCN(C(=O)CC)C1.I. The Morgan fingerprint density at radius 3 is 2.57 bits per heavy atom. The van der Waals surface area contributed by atoms with Gasteiger partial charge in [0.25, 0.3) is 0 Å². The van der Waals surface area contributed by atoms with Crippen LogP contribution in [0.1, 0.15) is 51.5 Å². The van der Waals surface area contributed by atoms with Gasteiger partial charge in [-0.3, -0.25) is 9.79 Å². The lowest BCUT2D eigenvalue weighted by atomic mass is 9.64. The maximum atomic E-state index is 11.9. The highest BCUT2D eigenvalue weighted by atomic mass is 127. The normalized spacial score (nSPS) is 20.9. The van der Waals surface area contributed by atoms with Gasteiger partial charge >= 0.3 is 0 Å². The highest BCUT2D eigenvalue weighted by Gasteiger charge is 2.38. The third kappa shape index (κ3) is 5.53. The van der Waals surface area contributed by atoms with E-state index in [1.807, 2.05) is 24.0 Å². The molecule has 7 heteroatoms. The largest absolute Gasteiger partial charge is 0.357 e. The lowest BCUT2D eigenvalue weighted by Gasteiger charge is -2.41. The zero-order valence-electron chi connectivity index (χ0n) is 16.8. The van der Waals surface area contributed by atoms with Gasteiger partial charge in [0.1, 0.15) is 0 Å². The summed E-state index contributed by atoms with van der Waals surface area (Å²) in [5.74, 6) is 1.09. The topological polar surface area (TPSA) is 56.7 Å². The molecule has 1 saturated carbocycles. The van der Waals surface area contributed by atoms with Gasteiger partial charge in [0.15, 0.2) is 5.96 Å². The van der Waals surface area contributed by atoms with Crippen LogP contribution in [-0.2, 0) is 10.2 Å². The van der Waals surface area contributed by atoms with E-state index in [1.54, 1.807) is 0 Å². The summed E-state index contributed by atoms with van der Waals surface area (Å²) >= 11 is 6.06. The van der Waals surface area contributed by atoms with Crippen molar-refractivity contribution in [3.63, 3.8) is 0 Å². The number of amides is 1. The number of likely N-dealkylation sites (tertiary alicyclic amines) is 1. The summed E-state index contributed by atoms with van der Waals surface area (Å²) in [5.41, 5.74) is 1.46. The number of nitrogens with one attached hydrogen (secondary N) is 2. The fourth-order valence-corrected chi connectivity index (χ4v) is 4.14. The van der Waals surface area contributed by atoms with Crippen molar-refractivity contribution in [3.05, 3.63) is 34.9 Å². The summed E-state index contributed by atoms with van der Waals surface area (Å²) in [4.78, 5) is 18.8. The van der Waals surface area contributed by atoms with Gasteiger partial charge in [0, 0.05) is 42.5 Å². The van der Waals surface area contributed by atoms with Crippen molar-refractivity contribution in [2.45, 2.75) is 57.4 Å². The zero-order chi connectivity index (χ0) is 19.3. The minimum atomic E-state index is 0. The number of carbonyl (C=O) groups is 1. The molecule has 1 atom stereocenters. The Labute approximate surface area is 190 Å². The number of hydrogen-bond acceptors (Lipinski definition) is 2. The maximum absolute atomic E-state index is 11.9. The van der Waals surface area contributed by atoms with Gasteiger partial charge in [-0.05, 0) is 43.9 Å². The first-order valence-corrected chi connectivity index (χ1v) is 10.5. The first-order valence-electron chi connectivity index (χ1n) is 10.1. The second-order valence-electron chi connectivity index (χ2n) is 7.66.